The highest BCUT2D eigenvalue weighted by atomic mass is 35.5. The molecule has 0 radical (unpaired) electrons. The number of rotatable bonds is 7. The highest BCUT2D eigenvalue weighted by Crippen LogP contribution is 2.24. The van der Waals surface area contributed by atoms with Crippen LogP contribution < -0.4 is 15.4 Å². The Labute approximate surface area is 180 Å². The molecule has 0 atom stereocenters. The van der Waals surface area contributed by atoms with E-state index < -0.39 is 0 Å². The molecule has 150 valence electrons. The van der Waals surface area contributed by atoms with Crippen molar-refractivity contribution >= 4 is 40.5 Å². The average Bonchev–Trinajstić information content (AvgIpc) is 2.71. The third-order valence-electron chi connectivity index (χ3n) is 4.50. The second-order valence-corrected chi connectivity index (χ2v) is 7.53. The Hall–Kier alpha value is -2.69. The topological polar surface area (TPSA) is 50.4 Å². The van der Waals surface area contributed by atoms with Gasteiger partial charge >= 0.3 is 0 Å². The van der Waals surface area contributed by atoms with Crippen molar-refractivity contribution < 1.29 is 9.53 Å². The predicted molar refractivity (Wildman–Crippen MR) is 120 cm³/mol. The summed E-state index contributed by atoms with van der Waals surface area (Å²) in [4.78, 5) is 12.1. The third kappa shape index (κ3) is 5.89. The SMILES string of the molecule is Cc1ccc(NC(=O)COc2ccc(CNc3cccc(Cl)c3C)cc2)cc1Cl. The van der Waals surface area contributed by atoms with Crippen LogP contribution in [0.2, 0.25) is 10.0 Å². The number of amides is 1. The van der Waals surface area contributed by atoms with E-state index in [0.29, 0.717) is 23.0 Å². The van der Waals surface area contributed by atoms with Gasteiger partial charge in [0.2, 0.25) is 0 Å². The Morgan fingerprint density at radius 1 is 0.966 bits per heavy atom. The molecule has 0 spiro atoms. The largest absolute Gasteiger partial charge is 0.484 e. The van der Waals surface area contributed by atoms with Crippen LogP contribution in [-0.4, -0.2) is 12.5 Å². The molecule has 29 heavy (non-hydrogen) atoms. The fourth-order valence-corrected chi connectivity index (χ4v) is 3.07. The van der Waals surface area contributed by atoms with Crippen molar-refractivity contribution in [2.75, 3.05) is 17.2 Å². The summed E-state index contributed by atoms with van der Waals surface area (Å²) in [5.74, 6) is 0.386. The molecule has 3 rings (SSSR count). The number of nitrogens with one attached hydrogen (secondary N) is 2. The van der Waals surface area contributed by atoms with Crippen molar-refractivity contribution in [3.63, 3.8) is 0 Å². The van der Waals surface area contributed by atoms with Crippen LogP contribution >= 0.6 is 23.2 Å². The fraction of sp³-hybridized carbons (Fsp3) is 0.174. The van der Waals surface area contributed by atoms with Crippen LogP contribution in [0.25, 0.3) is 0 Å². The maximum Gasteiger partial charge on any atom is 0.262 e. The summed E-state index contributed by atoms with van der Waals surface area (Å²) in [6.45, 7) is 4.48. The zero-order chi connectivity index (χ0) is 20.8. The first-order valence-electron chi connectivity index (χ1n) is 9.19. The van der Waals surface area contributed by atoms with Gasteiger partial charge in [0.1, 0.15) is 5.75 Å². The van der Waals surface area contributed by atoms with E-state index in [0.717, 1.165) is 27.4 Å². The van der Waals surface area contributed by atoms with Crippen LogP contribution in [0.3, 0.4) is 0 Å². The Morgan fingerprint density at radius 3 is 2.45 bits per heavy atom. The van der Waals surface area contributed by atoms with Gasteiger partial charge in [0.25, 0.3) is 5.91 Å². The second-order valence-electron chi connectivity index (χ2n) is 6.71. The van der Waals surface area contributed by atoms with Crippen LogP contribution in [0, 0.1) is 13.8 Å². The van der Waals surface area contributed by atoms with Gasteiger partial charge in [-0.2, -0.15) is 0 Å². The van der Waals surface area contributed by atoms with Gasteiger partial charge in [-0.1, -0.05) is 47.5 Å². The second kappa shape index (κ2) is 9.68. The maximum atomic E-state index is 12.1. The summed E-state index contributed by atoms with van der Waals surface area (Å²) < 4.78 is 5.56. The third-order valence-corrected chi connectivity index (χ3v) is 5.32. The molecule has 0 saturated carbocycles. The van der Waals surface area contributed by atoms with Crippen molar-refractivity contribution in [3.05, 3.63) is 87.4 Å². The number of benzene rings is 3. The monoisotopic (exact) mass is 428 g/mol. The molecule has 3 aromatic rings. The molecule has 0 unspecified atom stereocenters. The van der Waals surface area contributed by atoms with Gasteiger partial charge < -0.3 is 15.4 Å². The van der Waals surface area contributed by atoms with E-state index >= 15 is 0 Å². The Bertz CT molecular complexity index is 1000. The first kappa shape index (κ1) is 21.0. The number of aryl methyl sites for hydroxylation is 1. The quantitative estimate of drug-likeness (QED) is 0.468. The van der Waals surface area contributed by atoms with Crippen molar-refractivity contribution in [3.8, 4) is 5.75 Å². The molecule has 0 aliphatic rings. The standard InChI is InChI=1S/C23H22Cl2N2O2/c1-15-6-9-18(12-21(15)25)27-23(28)14-29-19-10-7-17(8-11-19)13-26-22-5-3-4-20(24)16(22)2/h3-12,26H,13-14H2,1-2H3,(H,27,28). The molecule has 0 saturated heterocycles. The average molecular weight is 429 g/mol. The molecule has 0 heterocycles. The van der Waals surface area contributed by atoms with Crippen molar-refractivity contribution in [2.45, 2.75) is 20.4 Å². The number of anilines is 2. The Balaban J connectivity index is 1.49. The number of carbonyl (C=O) groups is 1. The van der Waals surface area contributed by atoms with E-state index in [-0.39, 0.29) is 12.5 Å². The first-order valence-corrected chi connectivity index (χ1v) is 9.94. The van der Waals surface area contributed by atoms with Crippen molar-refractivity contribution in [2.24, 2.45) is 0 Å². The summed E-state index contributed by atoms with van der Waals surface area (Å²) in [5, 5.41) is 7.50. The molecular formula is C23H22Cl2N2O2. The molecule has 0 fully saturated rings. The number of carbonyl (C=O) groups excluding carboxylic acids is 1. The molecular weight excluding hydrogens is 407 g/mol. The lowest BCUT2D eigenvalue weighted by molar-refractivity contribution is -0.118. The smallest absolute Gasteiger partial charge is 0.262 e. The molecule has 2 N–H and O–H groups in total. The van der Waals surface area contributed by atoms with E-state index in [1.165, 1.54) is 0 Å². The lowest BCUT2D eigenvalue weighted by Gasteiger charge is -2.11. The van der Waals surface area contributed by atoms with Gasteiger partial charge in [-0.25, -0.2) is 0 Å². The molecule has 4 nitrogen and oxygen atoms in total. The fourth-order valence-electron chi connectivity index (χ4n) is 2.72. The van der Waals surface area contributed by atoms with E-state index in [1.807, 2.05) is 68.4 Å². The molecule has 0 aliphatic carbocycles. The number of ether oxygens (including phenoxy) is 1. The van der Waals surface area contributed by atoms with Gasteiger partial charge in [0, 0.05) is 28.0 Å². The number of hydrogen-bond acceptors (Lipinski definition) is 3. The number of hydrogen-bond donors (Lipinski definition) is 2. The van der Waals surface area contributed by atoms with Crippen LogP contribution in [0.1, 0.15) is 16.7 Å². The minimum atomic E-state index is -0.243. The number of halogens is 2. The molecule has 0 aliphatic heterocycles. The highest BCUT2D eigenvalue weighted by molar-refractivity contribution is 6.32. The minimum absolute atomic E-state index is 0.0786. The van der Waals surface area contributed by atoms with Gasteiger partial charge in [0.05, 0.1) is 0 Å². The van der Waals surface area contributed by atoms with Crippen molar-refractivity contribution in [1.82, 2.24) is 0 Å². The summed E-state index contributed by atoms with van der Waals surface area (Å²) in [7, 11) is 0. The Morgan fingerprint density at radius 2 is 1.72 bits per heavy atom. The van der Waals surface area contributed by atoms with Crippen LogP contribution in [0.5, 0.6) is 5.75 Å². The van der Waals surface area contributed by atoms with E-state index in [1.54, 1.807) is 6.07 Å². The first-order chi connectivity index (χ1) is 13.9. The molecule has 0 bridgehead atoms. The highest BCUT2D eigenvalue weighted by Gasteiger charge is 2.06. The lowest BCUT2D eigenvalue weighted by Crippen LogP contribution is -2.20. The van der Waals surface area contributed by atoms with E-state index in [2.05, 4.69) is 10.6 Å². The summed E-state index contributed by atoms with van der Waals surface area (Å²) in [6.07, 6.45) is 0. The molecule has 6 heteroatoms. The van der Waals surface area contributed by atoms with Crippen LogP contribution in [0.15, 0.2) is 60.7 Å². The maximum absolute atomic E-state index is 12.1. The normalized spacial score (nSPS) is 10.5. The van der Waals surface area contributed by atoms with Crippen LogP contribution in [0.4, 0.5) is 11.4 Å². The zero-order valence-electron chi connectivity index (χ0n) is 16.3. The predicted octanol–water partition coefficient (Wildman–Crippen LogP) is 6.24. The lowest BCUT2D eigenvalue weighted by atomic mass is 10.1. The van der Waals surface area contributed by atoms with E-state index in [9.17, 15) is 4.79 Å². The zero-order valence-corrected chi connectivity index (χ0v) is 17.8. The summed E-state index contributed by atoms with van der Waals surface area (Å²) in [5.41, 5.74) is 4.73. The van der Waals surface area contributed by atoms with Gasteiger partial charge in [-0.3, -0.25) is 4.79 Å². The minimum Gasteiger partial charge on any atom is -0.484 e. The summed E-state index contributed by atoms with van der Waals surface area (Å²) in [6, 6.07) is 18.8. The summed E-state index contributed by atoms with van der Waals surface area (Å²) >= 11 is 12.2. The van der Waals surface area contributed by atoms with Gasteiger partial charge in [-0.15, -0.1) is 0 Å². The molecule has 3 aromatic carbocycles. The van der Waals surface area contributed by atoms with Crippen molar-refractivity contribution in [1.29, 1.82) is 0 Å². The molecule has 1 amide bonds. The van der Waals surface area contributed by atoms with Gasteiger partial charge in [-0.05, 0) is 66.9 Å². The van der Waals surface area contributed by atoms with Gasteiger partial charge in [0.15, 0.2) is 6.61 Å². The Kier molecular flexibility index (Phi) is 7.02. The molecule has 0 aromatic heterocycles. The van der Waals surface area contributed by atoms with Crippen LogP contribution in [-0.2, 0) is 11.3 Å². The van der Waals surface area contributed by atoms with E-state index in [4.69, 9.17) is 27.9 Å².